The molecule has 0 aliphatic carbocycles. The zero-order chi connectivity index (χ0) is 12.1. The first kappa shape index (κ1) is 14.2. The van der Waals surface area contributed by atoms with Crippen LogP contribution >= 0.6 is 0 Å². The fourth-order valence-corrected chi connectivity index (χ4v) is 2.11. The maximum atomic E-state index is 12.1. The number of hydrogen-bond donors (Lipinski definition) is 0. The van der Waals surface area contributed by atoms with E-state index in [2.05, 4.69) is 4.74 Å². The average Bonchev–Trinajstić information content (AvgIpc) is 2.09. The van der Waals surface area contributed by atoms with Gasteiger partial charge < -0.3 is 4.74 Å². The average molecular weight is 245 g/mol. The quantitative estimate of drug-likeness (QED) is 0.716. The molecule has 0 aliphatic rings. The zero-order valence-corrected chi connectivity index (χ0v) is 8.73. The van der Waals surface area contributed by atoms with Gasteiger partial charge in [-0.1, -0.05) is 0 Å². The number of alkyl halides is 3. The van der Waals surface area contributed by atoms with Crippen molar-refractivity contribution in [1.82, 2.24) is 0 Å². The first-order valence-corrected chi connectivity index (χ1v) is 5.71. The van der Waals surface area contributed by atoms with Crippen molar-refractivity contribution in [2.75, 3.05) is 25.2 Å². The van der Waals surface area contributed by atoms with Crippen LogP contribution in [0.5, 0.6) is 0 Å². The Labute approximate surface area is 85.6 Å². The molecule has 0 bridgehead atoms. The van der Waals surface area contributed by atoms with Crippen molar-refractivity contribution in [2.24, 2.45) is 5.92 Å². The number of methoxy groups -OCH3 is 1. The SMILES string of the molecule is COCCS(=O)(=O)CC(C#N)C(F)(F)F. The summed E-state index contributed by atoms with van der Waals surface area (Å²) < 4.78 is 62.7. The fourth-order valence-electron chi connectivity index (χ4n) is 0.753. The molecule has 0 rings (SSSR count). The molecule has 8 heteroatoms. The van der Waals surface area contributed by atoms with Gasteiger partial charge in [-0.2, -0.15) is 18.4 Å². The van der Waals surface area contributed by atoms with Crippen LogP contribution in [0.4, 0.5) is 13.2 Å². The Bertz CT molecular complexity index is 330. The third-order valence-electron chi connectivity index (χ3n) is 1.57. The van der Waals surface area contributed by atoms with Gasteiger partial charge in [0.2, 0.25) is 0 Å². The van der Waals surface area contributed by atoms with E-state index in [0.717, 1.165) is 6.07 Å². The molecule has 0 aromatic carbocycles. The predicted octanol–water partition coefficient (Wildman–Crippen LogP) is 0.750. The monoisotopic (exact) mass is 245 g/mol. The van der Waals surface area contributed by atoms with Crippen LogP contribution < -0.4 is 0 Å². The summed E-state index contributed by atoms with van der Waals surface area (Å²) in [5.74, 6) is -4.20. The van der Waals surface area contributed by atoms with Crippen molar-refractivity contribution >= 4 is 9.84 Å². The molecule has 1 atom stereocenters. The molecular formula is C7H10F3NO3S. The summed E-state index contributed by atoms with van der Waals surface area (Å²) in [6.45, 7) is -0.182. The van der Waals surface area contributed by atoms with Crippen LogP contribution in [0, 0.1) is 17.2 Å². The van der Waals surface area contributed by atoms with Gasteiger partial charge in [0.05, 0.1) is 24.2 Å². The van der Waals surface area contributed by atoms with Gasteiger partial charge in [-0.25, -0.2) is 8.42 Å². The van der Waals surface area contributed by atoms with E-state index < -0.39 is 33.4 Å². The van der Waals surface area contributed by atoms with Gasteiger partial charge in [0.25, 0.3) is 0 Å². The molecular weight excluding hydrogens is 235 g/mol. The molecule has 0 heterocycles. The number of nitriles is 1. The molecule has 0 radical (unpaired) electrons. The minimum absolute atomic E-state index is 0.182. The van der Waals surface area contributed by atoms with Gasteiger partial charge in [-0.15, -0.1) is 0 Å². The second kappa shape index (κ2) is 5.32. The van der Waals surface area contributed by atoms with E-state index in [1.54, 1.807) is 0 Å². The lowest BCUT2D eigenvalue weighted by atomic mass is 10.2. The maximum Gasteiger partial charge on any atom is 0.405 e. The Hall–Kier alpha value is -0.810. The zero-order valence-electron chi connectivity index (χ0n) is 7.91. The first-order chi connectivity index (χ1) is 6.73. The lowest BCUT2D eigenvalue weighted by Crippen LogP contribution is -2.30. The Morgan fingerprint density at radius 3 is 2.33 bits per heavy atom. The number of halogens is 3. The van der Waals surface area contributed by atoms with E-state index in [1.807, 2.05) is 0 Å². The Morgan fingerprint density at radius 2 is 2.00 bits per heavy atom. The Kier molecular flexibility index (Phi) is 5.03. The summed E-state index contributed by atoms with van der Waals surface area (Å²) in [6.07, 6.45) is -4.81. The van der Waals surface area contributed by atoms with Crippen LogP contribution in [0.2, 0.25) is 0 Å². The van der Waals surface area contributed by atoms with Gasteiger partial charge in [-0.05, 0) is 0 Å². The van der Waals surface area contributed by atoms with Crippen molar-refractivity contribution in [1.29, 1.82) is 5.26 Å². The normalized spacial score (nSPS) is 14.6. The van der Waals surface area contributed by atoms with Gasteiger partial charge in [0, 0.05) is 7.11 Å². The van der Waals surface area contributed by atoms with E-state index in [0.29, 0.717) is 0 Å². The maximum absolute atomic E-state index is 12.1. The van der Waals surface area contributed by atoms with E-state index >= 15 is 0 Å². The summed E-state index contributed by atoms with van der Waals surface area (Å²) in [5.41, 5.74) is 0. The molecule has 4 nitrogen and oxygen atoms in total. The first-order valence-electron chi connectivity index (χ1n) is 3.88. The third-order valence-corrected chi connectivity index (χ3v) is 3.20. The molecule has 0 saturated carbocycles. The Morgan fingerprint density at radius 1 is 1.47 bits per heavy atom. The fraction of sp³-hybridized carbons (Fsp3) is 0.857. The molecule has 1 unspecified atom stereocenters. The van der Waals surface area contributed by atoms with Crippen LogP contribution in [-0.4, -0.2) is 39.8 Å². The molecule has 88 valence electrons. The van der Waals surface area contributed by atoms with Crippen LogP contribution in [-0.2, 0) is 14.6 Å². The van der Waals surface area contributed by atoms with Crippen molar-refractivity contribution in [3.8, 4) is 6.07 Å². The van der Waals surface area contributed by atoms with Crippen molar-refractivity contribution in [3.63, 3.8) is 0 Å². The van der Waals surface area contributed by atoms with Gasteiger partial charge in [-0.3, -0.25) is 0 Å². The lowest BCUT2D eigenvalue weighted by molar-refractivity contribution is -0.153. The highest BCUT2D eigenvalue weighted by atomic mass is 32.2. The topological polar surface area (TPSA) is 67.2 Å². The molecule has 0 amide bonds. The molecule has 0 aromatic heterocycles. The third kappa shape index (κ3) is 5.59. The molecule has 0 saturated heterocycles. The highest BCUT2D eigenvalue weighted by Crippen LogP contribution is 2.26. The summed E-state index contributed by atoms with van der Waals surface area (Å²) in [5, 5.41) is 8.18. The van der Waals surface area contributed by atoms with E-state index in [-0.39, 0.29) is 6.61 Å². The van der Waals surface area contributed by atoms with Crippen LogP contribution in [0.25, 0.3) is 0 Å². The van der Waals surface area contributed by atoms with Gasteiger partial charge >= 0.3 is 6.18 Å². The van der Waals surface area contributed by atoms with Crippen molar-refractivity contribution in [3.05, 3.63) is 0 Å². The smallest absolute Gasteiger partial charge is 0.384 e. The predicted molar refractivity (Wildman–Crippen MR) is 45.7 cm³/mol. The van der Waals surface area contributed by atoms with E-state index in [4.69, 9.17) is 5.26 Å². The van der Waals surface area contributed by atoms with Crippen LogP contribution in [0.15, 0.2) is 0 Å². The molecule has 0 spiro atoms. The largest absolute Gasteiger partial charge is 0.405 e. The number of rotatable bonds is 5. The number of ether oxygens (including phenoxy) is 1. The van der Waals surface area contributed by atoms with Crippen molar-refractivity contribution < 1.29 is 26.3 Å². The standard InChI is InChI=1S/C7H10F3NO3S/c1-14-2-3-15(12,13)5-6(4-11)7(8,9)10/h6H,2-3,5H2,1H3. The molecule has 15 heavy (non-hydrogen) atoms. The minimum Gasteiger partial charge on any atom is -0.384 e. The summed E-state index contributed by atoms with van der Waals surface area (Å²) in [4.78, 5) is 0. The molecule has 0 N–H and O–H groups in total. The summed E-state index contributed by atoms with van der Waals surface area (Å²) in [7, 11) is -2.67. The van der Waals surface area contributed by atoms with Crippen LogP contribution in [0.1, 0.15) is 0 Å². The number of hydrogen-bond acceptors (Lipinski definition) is 4. The van der Waals surface area contributed by atoms with E-state index in [9.17, 15) is 21.6 Å². The Balaban J connectivity index is 4.51. The van der Waals surface area contributed by atoms with Crippen LogP contribution in [0.3, 0.4) is 0 Å². The van der Waals surface area contributed by atoms with Crippen molar-refractivity contribution in [2.45, 2.75) is 6.18 Å². The summed E-state index contributed by atoms with van der Waals surface area (Å²) >= 11 is 0. The second-order valence-electron chi connectivity index (χ2n) is 2.83. The van der Waals surface area contributed by atoms with Gasteiger partial charge in [0.15, 0.2) is 15.8 Å². The molecule has 0 aromatic rings. The molecule has 0 aliphatic heterocycles. The minimum atomic E-state index is -4.81. The van der Waals surface area contributed by atoms with Gasteiger partial charge in [0.1, 0.15) is 0 Å². The summed E-state index contributed by atoms with van der Waals surface area (Å²) in [6, 6.07) is 0.930. The highest BCUT2D eigenvalue weighted by molar-refractivity contribution is 7.91. The number of sulfone groups is 1. The lowest BCUT2D eigenvalue weighted by Gasteiger charge is -2.12. The molecule has 0 fully saturated rings. The van der Waals surface area contributed by atoms with E-state index in [1.165, 1.54) is 7.11 Å². The number of nitrogens with zero attached hydrogens (tertiary/aromatic N) is 1. The highest BCUT2D eigenvalue weighted by Gasteiger charge is 2.42. The second-order valence-corrected chi connectivity index (χ2v) is 5.06.